The summed E-state index contributed by atoms with van der Waals surface area (Å²) in [6, 6.07) is 22.4. The van der Waals surface area contributed by atoms with Gasteiger partial charge in [-0.25, -0.2) is 9.69 Å². The SMILES string of the molecule is CCOC(=O)N(c1ccccc1Cl)c1c(-c2ccc(Cc3ccc(CC(=O)O)cc3)cc2)noc1C. The summed E-state index contributed by atoms with van der Waals surface area (Å²) >= 11 is 6.43. The normalized spacial score (nSPS) is 10.8. The van der Waals surface area contributed by atoms with Gasteiger partial charge in [0.15, 0.2) is 5.76 Å². The zero-order valence-corrected chi connectivity index (χ0v) is 20.7. The fourth-order valence-corrected chi connectivity index (χ4v) is 4.14. The van der Waals surface area contributed by atoms with Crippen molar-refractivity contribution >= 4 is 35.0 Å². The number of hydrogen-bond donors (Lipinski definition) is 1. The van der Waals surface area contributed by atoms with Crippen LogP contribution < -0.4 is 4.90 Å². The number of aryl methyl sites for hydroxylation is 1. The summed E-state index contributed by atoms with van der Waals surface area (Å²) in [5.41, 5.74) is 5.09. The third-order valence-electron chi connectivity index (χ3n) is 5.61. The van der Waals surface area contributed by atoms with Gasteiger partial charge in [-0.05, 0) is 49.1 Å². The molecule has 0 unspecified atom stereocenters. The van der Waals surface area contributed by atoms with E-state index in [1.165, 1.54) is 4.90 Å². The molecule has 1 N–H and O–H groups in total. The molecular weight excluding hydrogens is 480 g/mol. The summed E-state index contributed by atoms with van der Waals surface area (Å²) in [7, 11) is 0. The van der Waals surface area contributed by atoms with Crippen LogP contribution in [0.5, 0.6) is 0 Å². The summed E-state index contributed by atoms with van der Waals surface area (Å²) < 4.78 is 10.8. The van der Waals surface area contributed by atoms with E-state index in [1.54, 1.807) is 38.1 Å². The lowest BCUT2D eigenvalue weighted by atomic mass is 10.0. The summed E-state index contributed by atoms with van der Waals surface area (Å²) in [5, 5.41) is 13.6. The molecular formula is C28H25ClN2O5. The average molecular weight is 505 g/mol. The zero-order chi connectivity index (χ0) is 25.7. The maximum Gasteiger partial charge on any atom is 0.419 e. The fraction of sp³-hybridized carbons (Fsp3) is 0.179. The Morgan fingerprint density at radius 1 is 0.972 bits per heavy atom. The second kappa shape index (κ2) is 11.1. The summed E-state index contributed by atoms with van der Waals surface area (Å²) in [6.07, 6.45) is 0.111. The number of carboxylic acid groups (broad SMARTS) is 1. The summed E-state index contributed by atoms with van der Waals surface area (Å²) in [4.78, 5) is 25.3. The smallest absolute Gasteiger partial charge is 0.419 e. The number of nitrogens with zero attached hydrogens (tertiary/aromatic N) is 2. The molecule has 0 radical (unpaired) electrons. The summed E-state index contributed by atoms with van der Waals surface area (Å²) in [5.74, 6) is -0.402. The number of carbonyl (C=O) groups excluding carboxylic acids is 1. The average Bonchev–Trinajstić information content (AvgIpc) is 3.23. The van der Waals surface area contributed by atoms with Crippen LogP contribution in [-0.2, 0) is 22.4 Å². The summed E-state index contributed by atoms with van der Waals surface area (Å²) in [6.45, 7) is 3.67. The third-order valence-corrected chi connectivity index (χ3v) is 5.93. The van der Waals surface area contributed by atoms with E-state index in [2.05, 4.69) is 5.16 Å². The van der Waals surface area contributed by atoms with Crippen molar-refractivity contribution in [2.75, 3.05) is 11.5 Å². The highest BCUT2D eigenvalue weighted by molar-refractivity contribution is 6.34. The van der Waals surface area contributed by atoms with Gasteiger partial charge in [-0.15, -0.1) is 0 Å². The minimum atomic E-state index is -0.850. The van der Waals surface area contributed by atoms with Gasteiger partial charge in [0.05, 0.1) is 23.7 Å². The first-order valence-corrected chi connectivity index (χ1v) is 11.8. The number of benzene rings is 3. The Morgan fingerprint density at radius 3 is 2.19 bits per heavy atom. The van der Waals surface area contributed by atoms with E-state index in [9.17, 15) is 9.59 Å². The lowest BCUT2D eigenvalue weighted by molar-refractivity contribution is -0.136. The van der Waals surface area contributed by atoms with Crippen molar-refractivity contribution in [3.8, 4) is 11.3 Å². The third kappa shape index (κ3) is 5.58. The Bertz CT molecular complexity index is 1360. The van der Waals surface area contributed by atoms with Gasteiger partial charge >= 0.3 is 12.1 Å². The number of aliphatic carboxylic acids is 1. The second-order valence-corrected chi connectivity index (χ2v) is 8.59. The molecule has 7 nitrogen and oxygen atoms in total. The van der Waals surface area contributed by atoms with Gasteiger partial charge < -0.3 is 14.4 Å². The molecule has 36 heavy (non-hydrogen) atoms. The number of halogens is 1. The van der Waals surface area contributed by atoms with Crippen LogP contribution in [0.25, 0.3) is 11.3 Å². The molecule has 184 valence electrons. The Balaban J connectivity index is 1.63. The largest absolute Gasteiger partial charge is 0.481 e. The Morgan fingerprint density at radius 2 is 1.58 bits per heavy atom. The van der Waals surface area contributed by atoms with Gasteiger partial charge in [-0.2, -0.15) is 0 Å². The van der Waals surface area contributed by atoms with E-state index in [0.29, 0.717) is 34.3 Å². The molecule has 1 amide bonds. The molecule has 0 aliphatic rings. The molecule has 0 atom stereocenters. The highest BCUT2D eigenvalue weighted by Gasteiger charge is 2.29. The number of carboxylic acids is 1. The molecule has 0 saturated heterocycles. The van der Waals surface area contributed by atoms with Gasteiger partial charge in [0, 0.05) is 5.56 Å². The number of para-hydroxylation sites is 1. The highest BCUT2D eigenvalue weighted by atomic mass is 35.5. The van der Waals surface area contributed by atoms with Crippen LogP contribution in [0, 0.1) is 6.92 Å². The first-order valence-electron chi connectivity index (χ1n) is 11.4. The molecule has 0 bridgehead atoms. The molecule has 0 spiro atoms. The first kappa shape index (κ1) is 25.0. The molecule has 8 heteroatoms. The van der Waals surface area contributed by atoms with E-state index in [-0.39, 0.29) is 13.0 Å². The standard InChI is InChI=1S/C28H25ClN2O5/c1-3-35-28(34)31(24-7-5-4-6-23(24)29)27-18(2)36-30-26(27)22-14-12-20(13-15-22)16-19-8-10-21(11-9-19)17-25(32)33/h4-15H,3,16-17H2,1-2H3,(H,32,33). The van der Waals surface area contributed by atoms with Gasteiger partial charge in [0.25, 0.3) is 0 Å². The molecule has 1 heterocycles. The Hall–Kier alpha value is -4.10. The maximum atomic E-state index is 13.0. The van der Waals surface area contributed by atoms with E-state index in [4.69, 9.17) is 26.0 Å². The van der Waals surface area contributed by atoms with E-state index in [0.717, 1.165) is 22.3 Å². The van der Waals surface area contributed by atoms with Crippen LogP contribution in [0.15, 0.2) is 77.3 Å². The zero-order valence-electron chi connectivity index (χ0n) is 19.9. The van der Waals surface area contributed by atoms with E-state index >= 15 is 0 Å². The van der Waals surface area contributed by atoms with Gasteiger partial charge in [0.2, 0.25) is 0 Å². The Kier molecular flexibility index (Phi) is 7.71. The van der Waals surface area contributed by atoms with Crippen LogP contribution in [0.2, 0.25) is 5.02 Å². The number of aromatic nitrogens is 1. The molecule has 0 aliphatic carbocycles. The molecule has 4 aromatic rings. The number of hydrogen-bond acceptors (Lipinski definition) is 5. The van der Waals surface area contributed by atoms with Crippen LogP contribution in [0.3, 0.4) is 0 Å². The molecule has 0 saturated carbocycles. The number of amides is 1. The minimum absolute atomic E-state index is 0.00539. The van der Waals surface area contributed by atoms with Crippen molar-refractivity contribution in [3.05, 3.63) is 100 Å². The number of carbonyl (C=O) groups is 2. The highest BCUT2D eigenvalue weighted by Crippen LogP contribution is 2.40. The van der Waals surface area contributed by atoms with Gasteiger partial charge in [-0.3, -0.25) is 4.79 Å². The lowest BCUT2D eigenvalue weighted by Gasteiger charge is -2.23. The lowest BCUT2D eigenvalue weighted by Crippen LogP contribution is -2.27. The van der Waals surface area contributed by atoms with Crippen molar-refractivity contribution in [1.82, 2.24) is 5.16 Å². The quantitative estimate of drug-likeness (QED) is 0.283. The molecule has 3 aromatic carbocycles. The number of rotatable bonds is 8. The fourth-order valence-electron chi connectivity index (χ4n) is 3.92. The first-order chi connectivity index (χ1) is 17.4. The van der Waals surface area contributed by atoms with Crippen molar-refractivity contribution in [2.45, 2.75) is 26.7 Å². The Labute approximate surface area is 213 Å². The van der Waals surface area contributed by atoms with Gasteiger partial charge in [-0.1, -0.05) is 77.4 Å². The van der Waals surface area contributed by atoms with Crippen molar-refractivity contribution in [1.29, 1.82) is 0 Å². The van der Waals surface area contributed by atoms with Gasteiger partial charge in [0.1, 0.15) is 11.4 Å². The molecule has 0 aliphatic heterocycles. The molecule has 4 rings (SSSR count). The maximum absolute atomic E-state index is 13.0. The van der Waals surface area contributed by atoms with E-state index < -0.39 is 12.1 Å². The minimum Gasteiger partial charge on any atom is -0.481 e. The van der Waals surface area contributed by atoms with E-state index in [1.807, 2.05) is 48.5 Å². The molecule has 0 fully saturated rings. The predicted molar refractivity (Wildman–Crippen MR) is 138 cm³/mol. The van der Waals surface area contributed by atoms with Crippen LogP contribution in [0.1, 0.15) is 29.4 Å². The van der Waals surface area contributed by atoms with Crippen LogP contribution >= 0.6 is 11.6 Å². The number of anilines is 2. The van der Waals surface area contributed by atoms with Crippen molar-refractivity contribution in [2.24, 2.45) is 0 Å². The predicted octanol–water partition coefficient (Wildman–Crippen LogP) is 6.82. The topological polar surface area (TPSA) is 92.9 Å². The molecule has 1 aromatic heterocycles. The number of ether oxygens (including phenoxy) is 1. The van der Waals surface area contributed by atoms with Crippen molar-refractivity contribution in [3.63, 3.8) is 0 Å². The monoisotopic (exact) mass is 504 g/mol. The van der Waals surface area contributed by atoms with Crippen LogP contribution in [-0.4, -0.2) is 28.9 Å². The van der Waals surface area contributed by atoms with Crippen LogP contribution in [0.4, 0.5) is 16.2 Å². The van der Waals surface area contributed by atoms with Crippen molar-refractivity contribution < 1.29 is 24.0 Å². The second-order valence-electron chi connectivity index (χ2n) is 8.18.